The van der Waals surface area contributed by atoms with E-state index in [-0.39, 0.29) is 113 Å². The number of hydrogen-bond acceptors (Lipinski definition) is 25. The molecule has 133 heavy (non-hydrogen) atoms. The van der Waals surface area contributed by atoms with Crippen LogP contribution in [0.4, 0.5) is 0 Å². The SMILES string of the molecule is CCCC[C@@H](C(=O)N(C)[C@@H](CCSC)C(=O)N[C@@H](CCCNC(=N)N)C(=O)NC(CSCC(=O)N[C@@H](Cc1ccc(O)cc1)C(=O)N(C)[C@@H](C)C(=O)N[C@@H](CC(N)=O)C(=O)N1CCC[C@H]1C(=O)N[C@@H](CN)C(=O)N[C@@H](CC(C)C)C(=O)N1C[C@H](O)C[C@H]1C(C)=O)C(=O)NCC(N)=O)N(C)C(=O)[C@H](Cc1c[nH]c2ccccc12)NC(=O)[C@H](CO)NC(=O)[C@@H](N)Cc1c[nH]c2ccccc12. The number of amides is 16. The molecular formula is C88H129N23O20S2. The van der Waals surface area contributed by atoms with Crippen LogP contribution in [0, 0.1) is 11.3 Å². The van der Waals surface area contributed by atoms with Gasteiger partial charge in [-0.25, -0.2) is 0 Å². The molecule has 43 nitrogen and oxygen atoms in total. The summed E-state index contributed by atoms with van der Waals surface area (Å²) >= 11 is 2.08. The van der Waals surface area contributed by atoms with Crippen molar-refractivity contribution in [3.63, 3.8) is 0 Å². The molecule has 728 valence electrons. The van der Waals surface area contributed by atoms with Gasteiger partial charge in [-0.05, 0) is 124 Å². The minimum Gasteiger partial charge on any atom is -0.508 e. The number of carbonyl (C=O) groups is 17. The van der Waals surface area contributed by atoms with Gasteiger partial charge in [0.25, 0.3) is 0 Å². The molecule has 26 N–H and O–H groups in total. The first kappa shape index (κ1) is 108. The van der Waals surface area contributed by atoms with Crippen molar-refractivity contribution in [1.82, 2.24) is 87.6 Å². The van der Waals surface area contributed by atoms with Crippen LogP contribution in [0.25, 0.3) is 21.8 Å². The number of benzene rings is 3. The molecule has 0 bridgehead atoms. The summed E-state index contributed by atoms with van der Waals surface area (Å²) in [5.74, 6) is -16.0. The van der Waals surface area contributed by atoms with E-state index in [1.165, 1.54) is 80.8 Å². The molecule has 2 saturated heterocycles. The molecule has 2 fully saturated rings. The van der Waals surface area contributed by atoms with E-state index in [4.69, 9.17) is 34.1 Å². The van der Waals surface area contributed by atoms with Crippen LogP contribution in [0.1, 0.15) is 122 Å². The molecule has 0 radical (unpaired) electrons. The molecule has 45 heteroatoms. The van der Waals surface area contributed by atoms with E-state index >= 15 is 14.4 Å². The Bertz CT molecular complexity index is 4940. The number of aliphatic hydroxyl groups excluding tert-OH is 2. The van der Waals surface area contributed by atoms with E-state index < -0.39 is 229 Å². The van der Waals surface area contributed by atoms with Crippen molar-refractivity contribution in [1.29, 1.82) is 5.41 Å². The number of hydrogen-bond donors (Lipinski definition) is 21. The topological polar surface area (TPSA) is 673 Å². The summed E-state index contributed by atoms with van der Waals surface area (Å²) in [5, 5.41) is 66.4. The first-order chi connectivity index (χ1) is 63.1. The van der Waals surface area contributed by atoms with Crippen LogP contribution in [0.2, 0.25) is 0 Å². The molecule has 3 aromatic carbocycles. The Morgan fingerprint density at radius 1 is 0.586 bits per heavy atom. The van der Waals surface area contributed by atoms with E-state index in [2.05, 4.69) is 63.1 Å². The molecule has 0 saturated carbocycles. The fourth-order valence-corrected chi connectivity index (χ4v) is 17.1. The summed E-state index contributed by atoms with van der Waals surface area (Å²) in [7, 11) is 3.93. The van der Waals surface area contributed by atoms with Crippen LogP contribution in [0.15, 0.2) is 85.2 Å². The highest BCUT2D eigenvalue weighted by atomic mass is 32.2. The van der Waals surface area contributed by atoms with Crippen molar-refractivity contribution in [2.75, 3.05) is 84.0 Å². The Kier molecular flexibility index (Phi) is 42.1. The number of ketones is 1. The number of primary amides is 2. The van der Waals surface area contributed by atoms with Crippen molar-refractivity contribution in [3.05, 3.63) is 102 Å². The summed E-state index contributed by atoms with van der Waals surface area (Å²) in [4.78, 5) is 252. The third-order valence-corrected chi connectivity index (χ3v) is 24.9. The average molecular weight is 1890 g/mol. The number of aromatic nitrogens is 2. The number of thioether (sulfide) groups is 2. The first-order valence-corrected chi connectivity index (χ1v) is 46.6. The van der Waals surface area contributed by atoms with Crippen LogP contribution < -0.4 is 81.8 Å². The maximum atomic E-state index is 15.4. The van der Waals surface area contributed by atoms with Gasteiger partial charge in [-0.3, -0.25) is 86.9 Å². The van der Waals surface area contributed by atoms with Crippen LogP contribution in [-0.4, -0.2) is 331 Å². The van der Waals surface area contributed by atoms with Gasteiger partial charge in [0, 0.05) is 107 Å². The number of aromatic hydroxyl groups is 1. The second kappa shape index (κ2) is 52.1. The maximum Gasteiger partial charge on any atom is 0.246 e. The largest absolute Gasteiger partial charge is 0.508 e. The number of nitrogens with zero attached hydrogens (tertiary/aromatic N) is 5. The Hall–Kier alpha value is -12.5. The van der Waals surface area contributed by atoms with E-state index in [9.17, 15) is 82.4 Å². The Morgan fingerprint density at radius 2 is 1.15 bits per heavy atom. The first-order valence-electron chi connectivity index (χ1n) is 44.1. The van der Waals surface area contributed by atoms with Crippen molar-refractivity contribution >= 4 is 152 Å². The fourth-order valence-electron chi connectivity index (χ4n) is 15.8. The number of fused-ring (bicyclic) bond motifs is 2. The summed E-state index contributed by atoms with van der Waals surface area (Å²) < 4.78 is 0. The number of likely N-dealkylation sites (N-methyl/N-ethyl adjacent to an activating group) is 3. The monoisotopic (exact) mass is 1890 g/mol. The molecule has 2 aliphatic heterocycles. The zero-order valence-electron chi connectivity index (χ0n) is 76.3. The quantitative estimate of drug-likeness (QED) is 0.0100. The lowest BCUT2D eigenvalue weighted by Gasteiger charge is -2.36. The number of β-amino-alcohol motifs (C(OH)–C–C–N with tert-alkyl or cyclic N) is 1. The number of guanidine groups is 1. The number of nitrogens with one attached hydrogen (secondary N) is 13. The highest BCUT2D eigenvalue weighted by molar-refractivity contribution is 8.00. The Labute approximate surface area is 778 Å². The van der Waals surface area contributed by atoms with Crippen molar-refractivity contribution < 1.29 is 96.8 Å². The highest BCUT2D eigenvalue weighted by Crippen LogP contribution is 2.27. The number of aliphatic hydroxyl groups is 2. The molecule has 5 aromatic rings. The van der Waals surface area contributed by atoms with Crippen LogP contribution >= 0.6 is 23.5 Å². The van der Waals surface area contributed by atoms with Crippen LogP contribution in [0.5, 0.6) is 5.75 Å². The normalized spacial score (nSPS) is 16.9. The molecule has 7 rings (SSSR count). The summed E-state index contributed by atoms with van der Waals surface area (Å²) in [6.07, 6.45) is 4.13. The summed E-state index contributed by atoms with van der Waals surface area (Å²) in [6.45, 7) is 5.66. The fraction of sp³-hybridized carbons (Fsp3) is 0.545. The van der Waals surface area contributed by atoms with Crippen molar-refractivity contribution in [3.8, 4) is 5.75 Å². The predicted molar refractivity (Wildman–Crippen MR) is 497 cm³/mol. The molecule has 15 atom stereocenters. The number of phenolic OH excluding ortho intramolecular Hbond substituents is 1. The lowest BCUT2D eigenvalue weighted by molar-refractivity contribution is -0.149. The second-order valence-electron chi connectivity index (χ2n) is 33.7. The molecule has 0 spiro atoms. The van der Waals surface area contributed by atoms with Gasteiger partial charge in [0.1, 0.15) is 78.3 Å². The molecule has 16 amide bonds. The third-order valence-electron chi connectivity index (χ3n) is 23.2. The van der Waals surface area contributed by atoms with E-state index in [0.29, 0.717) is 34.9 Å². The number of carbonyl (C=O) groups excluding carboxylic acids is 17. The Morgan fingerprint density at radius 3 is 1.74 bits per heavy atom. The van der Waals surface area contributed by atoms with Gasteiger partial charge in [-0.1, -0.05) is 82.1 Å². The molecule has 1 unspecified atom stereocenters. The van der Waals surface area contributed by atoms with Gasteiger partial charge in [0.2, 0.25) is 94.5 Å². The predicted octanol–water partition coefficient (Wildman–Crippen LogP) is -3.96. The van der Waals surface area contributed by atoms with Gasteiger partial charge in [-0.15, -0.1) is 11.8 Å². The highest BCUT2D eigenvalue weighted by Gasteiger charge is 2.45. The minimum atomic E-state index is -1.74. The number of nitrogens with two attached hydrogens (primary N) is 5. The van der Waals surface area contributed by atoms with E-state index in [1.54, 1.807) is 44.6 Å². The van der Waals surface area contributed by atoms with Gasteiger partial charge in [-0.2, -0.15) is 11.8 Å². The van der Waals surface area contributed by atoms with E-state index in [1.807, 2.05) is 43.3 Å². The smallest absolute Gasteiger partial charge is 0.246 e. The molecular weight excluding hydrogens is 1760 g/mol. The van der Waals surface area contributed by atoms with Gasteiger partial charge in [0.05, 0.1) is 43.5 Å². The standard InChI is InChI=1S/C88H129N23O20S2/c1-10-11-23-70(109(8)84(128)63(36-52-41-97-59-21-15-13-19-56(52)59)103-80(124)66(44-112)105-76(120)57(90)35-51-40-96-58-20-14-12-18-55(51)58)87(131)108(7)68(29-32-132-9)81(125)100-60(22-16-30-95-88(93)94)78(122)106-67(77(121)98-42-73(92)117)45-133-46-74(118)99-62(34-50-25-27-53(114)28-26-50)83(127)107(6)48(4)75(119)101-64(38-72(91)116)85(129)110-31-17-24-69(110)82(126)104-65(39-89)79(123)102-61(33-47(2)3)86(130)111-43-54(115)37-71(111)49(5)113/h12-15,18-21,25-28,40-41,47-48,54,57,60-71,96-97,112,114-115H,10-11,16-17,22-24,29-39,42-46,89-90H2,1-9H3,(H2,91,116)(H2,92,117)(H,98,121)(H,99,118)(H,100,125)(H,101,119)(H,102,123)(H,103,124)(H,104,126)(H,105,120)(H,106,122)(H4,93,94,95)/t48-,54+,57-,60-,61-,62-,63-,64-,65-,66-,67?,68-,69-,70-,71-/m0/s1. The lowest BCUT2D eigenvalue weighted by atomic mass is 10.0. The zero-order chi connectivity index (χ0) is 98.2. The number of unbranched alkanes of at least 4 members (excludes halogenated alkanes) is 1. The number of para-hydroxylation sites is 2. The third kappa shape index (κ3) is 31.3. The molecule has 0 aliphatic carbocycles. The number of Topliss-reactive ketones (excluding diaryl/α,β-unsaturated/α-hetero) is 1. The number of phenols is 1. The lowest BCUT2D eigenvalue weighted by Crippen LogP contribution is -2.61. The maximum absolute atomic E-state index is 15.4. The van der Waals surface area contributed by atoms with E-state index in [0.717, 1.165) is 42.9 Å². The van der Waals surface area contributed by atoms with Crippen LogP contribution in [0.3, 0.4) is 0 Å². The summed E-state index contributed by atoms with van der Waals surface area (Å²) in [5.41, 5.74) is 32.3. The van der Waals surface area contributed by atoms with Crippen molar-refractivity contribution in [2.24, 2.45) is 34.6 Å². The van der Waals surface area contributed by atoms with Gasteiger partial charge < -0.3 is 132 Å². The van der Waals surface area contributed by atoms with Crippen LogP contribution in [-0.2, 0) is 101 Å². The molecule has 2 aromatic heterocycles. The molecule has 2 aliphatic rings. The minimum absolute atomic E-state index is 0.00943. The second-order valence-corrected chi connectivity index (χ2v) is 35.7. The average Bonchev–Trinajstić information content (AvgIpc) is 1.64. The number of rotatable bonds is 53. The van der Waals surface area contributed by atoms with Crippen molar-refractivity contribution in [2.45, 2.75) is 215 Å². The number of likely N-dealkylation sites (tertiary alicyclic amines) is 2. The Balaban J connectivity index is 1.05. The van der Waals surface area contributed by atoms with Gasteiger partial charge in [0.15, 0.2) is 11.7 Å². The zero-order valence-corrected chi connectivity index (χ0v) is 77.9. The molecule has 4 heterocycles. The summed E-state index contributed by atoms with van der Waals surface area (Å²) in [6, 6.07) is 0.406. The van der Waals surface area contributed by atoms with Gasteiger partial charge >= 0.3 is 0 Å². The number of aromatic amines is 2. The number of H-pyrrole nitrogens is 2.